The molecule has 2 heteroatoms. The van der Waals surface area contributed by atoms with Gasteiger partial charge in [0.1, 0.15) is 5.75 Å². The summed E-state index contributed by atoms with van der Waals surface area (Å²) in [6, 6.07) is 12.2. The molecule has 0 amide bonds. The summed E-state index contributed by atoms with van der Waals surface area (Å²) in [7, 11) is 0. The van der Waals surface area contributed by atoms with Gasteiger partial charge in [-0.25, -0.2) is 0 Å². The molecular formula is C16H19NO. The number of hydrogen-bond acceptors (Lipinski definition) is 2. The van der Waals surface area contributed by atoms with Crippen LogP contribution in [0.15, 0.2) is 42.6 Å². The zero-order valence-corrected chi connectivity index (χ0v) is 11.0. The molecule has 18 heavy (non-hydrogen) atoms. The molecule has 0 aliphatic carbocycles. The van der Waals surface area contributed by atoms with Crippen molar-refractivity contribution in [3.05, 3.63) is 48.2 Å². The molecule has 0 bridgehead atoms. The Bertz CT molecular complexity index is 494. The van der Waals surface area contributed by atoms with Crippen LogP contribution in [0.25, 0.3) is 11.3 Å². The highest BCUT2D eigenvalue weighted by molar-refractivity contribution is 5.67. The van der Waals surface area contributed by atoms with E-state index in [-0.39, 0.29) is 0 Å². The van der Waals surface area contributed by atoms with Gasteiger partial charge < -0.3 is 4.74 Å². The summed E-state index contributed by atoms with van der Waals surface area (Å²) in [5.41, 5.74) is 3.24. The third kappa shape index (κ3) is 3.10. The second-order valence-corrected chi connectivity index (χ2v) is 4.42. The summed E-state index contributed by atoms with van der Waals surface area (Å²) >= 11 is 0. The van der Waals surface area contributed by atoms with Gasteiger partial charge in [-0.1, -0.05) is 25.5 Å². The average molecular weight is 241 g/mol. The molecule has 0 spiro atoms. The van der Waals surface area contributed by atoms with Crippen LogP contribution in [0.3, 0.4) is 0 Å². The highest BCUT2D eigenvalue weighted by Crippen LogP contribution is 2.29. The lowest BCUT2D eigenvalue weighted by atomic mass is 10.1. The molecule has 0 aliphatic rings. The maximum atomic E-state index is 5.87. The molecule has 2 rings (SSSR count). The van der Waals surface area contributed by atoms with E-state index >= 15 is 0 Å². The van der Waals surface area contributed by atoms with Gasteiger partial charge in [0.05, 0.1) is 12.3 Å². The molecule has 2 nitrogen and oxygen atoms in total. The van der Waals surface area contributed by atoms with Gasteiger partial charge in [0, 0.05) is 11.8 Å². The number of aromatic nitrogens is 1. The molecule has 0 saturated heterocycles. The van der Waals surface area contributed by atoms with Crippen LogP contribution >= 0.6 is 0 Å². The first-order valence-electron chi connectivity index (χ1n) is 6.46. The Morgan fingerprint density at radius 3 is 2.78 bits per heavy atom. The molecule has 2 aromatic rings. The fourth-order valence-corrected chi connectivity index (χ4v) is 1.81. The number of pyridine rings is 1. The van der Waals surface area contributed by atoms with Crippen molar-refractivity contribution in [1.82, 2.24) is 4.98 Å². The lowest BCUT2D eigenvalue weighted by molar-refractivity contribution is 0.310. The molecule has 0 N–H and O–H groups in total. The molecular weight excluding hydrogens is 222 g/mol. The monoisotopic (exact) mass is 241 g/mol. The number of nitrogens with zero attached hydrogens (tertiary/aromatic N) is 1. The molecule has 94 valence electrons. The second-order valence-electron chi connectivity index (χ2n) is 4.42. The number of benzene rings is 1. The first-order chi connectivity index (χ1) is 8.81. The molecule has 1 aromatic heterocycles. The van der Waals surface area contributed by atoms with Gasteiger partial charge in [0.25, 0.3) is 0 Å². The summed E-state index contributed by atoms with van der Waals surface area (Å²) < 4.78 is 5.87. The predicted octanol–water partition coefficient (Wildman–Crippen LogP) is 4.24. The molecule has 1 heterocycles. The SMILES string of the molecule is CCCCOc1cc(C)ccc1-c1ccccn1. The Hall–Kier alpha value is -1.83. The second kappa shape index (κ2) is 6.20. The Morgan fingerprint density at radius 1 is 1.17 bits per heavy atom. The molecule has 0 atom stereocenters. The first kappa shape index (κ1) is 12.6. The van der Waals surface area contributed by atoms with Crippen LogP contribution in [0.1, 0.15) is 25.3 Å². The van der Waals surface area contributed by atoms with Crippen molar-refractivity contribution in [2.75, 3.05) is 6.61 Å². The fourth-order valence-electron chi connectivity index (χ4n) is 1.81. The van der Waals surface area contributed by atoms with Crippen LogP contribution in [-0.2, 0) is 0 Å². The van der Waals surface area contributed by atoms with Crippen LogP contribution in [0.4, 0.5) is 0 Å². The van der Waals surface area contributed by atoms with E-state index in [0.717, 1.165) is 36.5 Å². The van der Waals surface area contributed by atoms with Crippen molar-refractivity contribution in [3.8, 4) is 17.0 Å². The van der Waals surface area contributed by atoms with Gasteiger partial charge in [-0.15, -0.1) is 0 Å². The van der Waals surface area contributed by atoms with Crippen LogP contribution in [-0.4, -0.2) is 11.6 Å². The Kier molecular flexibility index (Phi) is 4.35. The standard InChI is InChI=1S/C16H19NO/c1-3-4-11-18-16-12-13(2)8-9-14(16)15-7-5-6-10-17-15/h5-10,12H,3-4,11H2,1-2H3. The van der Waals surface area contributed by atoms with E-state index in [1.54, 1.807) is 0 Å². The van der Waals surface area contributed by atoms with Gasteiger partial charge in [-0.3, -0.25) is 4.98 Å². The number of ether oxygens (including phenoxy) is 1. The number of unbranched alkanes of at least 4 members (excludes halogenated alkanes) is 1. The average Bonchev–Trinajstić information content (AvgIpc) is 2.40. The summed E-state index contributed by atoms with van der Waals surface area (Å²) in [5, 5.41) is 0. The normalized spacial score (nSPS) is 10.3. The maximum absolute atomic E-state index is 5.87. The lowest BCUT2D eigenvalue weighted by Gasteiger charge is -2.11. The van der Waals surface area contributed by atoms with E-state index in [4.69, 9.17) is 4.74 Å². The van der Waals surface area contributed by atoms with E-state index in [2.05, 4.69) is 37.0 Å². The molecule has 0 radical (unpaired) electrons. The third-order valence-electron chi connectivity index (χ3n) is 2.83. The summed E-state index contributed by atoms with van der Waals surface area (Å²) in [4.78, 5) is 4.39. The minimum absolute atomic E-state index is 0.764. The zero-order chi connectivity index (χ0) is 12.8. The number of aryl methyl sites for hydroxylation is 1. The minimum atomic E-state index is 0.764. The van der Waals surface area contributed by atoms with Crippen LogP contribution in [0.5, 0.6) is 5.75 Å². The zero-order valence-electron chi connectivity index (χ0n) is 11.0. The highest BCUT2D eigenvalue weighted by atomic mass is 16.5. The van der Waals surface area contributed by atoms with Crippen molar-refractivity contribution in [2.45, 2.75) is 26.7 Å². The van der Waals surface area contributed by atoms with Gasteiger partial charge in [-0.2, -0.15) is 0 Å². The maximum Gasteiger partial charge on any atom is 0.128 e. The van der Waals surface area contributed by atoms with E-state index in [0.29, 0.717) is 0 Å². The Morgan fingerprint density at radius 2 is 2.06 bits per heavy atom. The van der Waals surface area contributed by atoms with Crippen molar-refractivity contribution >= 4 is 0 Å². The van der Waals surface area contributed by atoms with Crippen molar-refractivity contribution in [1.29, 1.82) is 0 Å². The fraction of sp³-hybridized carbons (Fsp3) is 0.312. The van der Waals surface area contributed by atoms with Crippen LogP contribution < -0.4 is 4.74 Å². The van der Waals surface area contributed by atoms with Gasteiger partial charge >= 0.3 is 0 Å². The summed E-state index contributed by atoms with van der Waals surface area (Å²) in [6.07, 6.45) is 4.03. The molecule has 1 aromatic carbocycles. The minimum Gasteiger partial charge on any atom is -0.493 e. The van der Waals surface area contributed by atoms with Crippen molar-refractivity contribution < 1.29 is 4.74 Å². The van der Waals surface area contributed by atoms with Crippen LogP contribution in [0, 0.1) is 6.92 Å². The highest BCUT2D eigenvalue weighted by Gasteiger charge is 2.07. The molecule has 0 aliphatic heterocycles. The predicted molar refractivity (Wildman–Crippen MR) is 74.8 cm³/mol. The van der Waals surface area contributed by atoms with Gasteiger partial charge in [0.15, 0.2) is 0 Å². The topological polar surface area (TPSA) is 22.1 Å². The summed E-state index contributed by atoms with van der Waals surface area (Å²) in [6.45, 7) is 5.01. The number of hydrogen-bond donors (Lipinski definition) is 0. The Balaban J connectivity index is 2.29. The first-order valence-corrected chi connectivity index (χ1v) is 6.46. The van der Waals surface area contributed by atoms with E-state index in [1.807, 2.05) is 24.4 Å². The third-order valence-corrected chi connectivity index (χ3v) is 2.83. The largest absolute Gasteiger partial charge is 0.493 e. The lowest BCUT2D eigenvalue weighted by Crippen LogP contribution is -1.99. The summed E-state index contributed by atoms with van der Waals surface area (Å²) in [5.74, 6) is 0.933. The smallest absolute Gasteiger partial charge is 0.128 e. The number of rotatable bonds is 5. The van der Waals surface area contributed by atoms with Gasteiger partial charge in [0.2, 0.25) is 0 Å². The Labute approximate surface area is 109 Å². The molecule has 0 fully saturated rings. The van der Waals surface area contributed by atoms with Gasteiger partial charge in [-0.05, 0) is 43.2 Å². The van der Waals surface area contributed by atoms with E-state index in [1.165, 1.54) is 5.56 Å². The van der Waals surface area contributed by atoms with Crippen molar-refractivity contribution in [3.63, 3.8) is 0 Å². The van der Waals surface area contributed by atoms with Crippen molar-refractivity contribution in [2.24, 2.45) is 0 Å². The molecule has 0 saturated carbocycles. The van der Waals surface area contributed by atoms with E-state index in [9.17, 15) is 0 Å². The quantitative estimate of drug-likeness (QED) is 0.731. The molecule has 0 unspecified atom stereocenters. The van der Waals surface area contributed by atoms with E-state index < -0.39 is 0 Å². The van der Waals surface area contributed by atoms with Crippen LogP contribution in [0.2, 0.25) is 0 Å².